The SMILES string of the molecule is CO/N=C1\C[C@@H](CO)N(C(=O)c2ccc(-c3cccc(C#N)c3C(F)F)cc2)C1. The largest absolute Gasteiger partial charge is 0.399 e. The van der Waals surface area contributed by atoms with Crippen molar-refractivity contribution in [2.45, 2.75) is 18.9 Å². The van der Waals surface area contributed by atoms with Crippen LogP contribution < -0.4 is 0 Å². The molecule has 0 unspecified atom stereocenters. The van der Waals surface area contributed by atoms with E-state index in [1.807, 2.05) is 0 Å². The van der Waals surface area contributed by atoms with Crippen molar-refractivity contribution in [3.63, 3.8) is 0 Å². The molecule has 1 aliphatic rings. The molecule has 0 aromatic heterocycles. The Balaban J connectivity index is 1.89. The second-order valence-corrected chi connectivity index (χ2v) is 6.57. The molecule has 0 radical (unpaired) electrons. The van der Waals surface area contributed by atoms with Crippen molar-refractivity contribution in [2.24, 2.45) is 5.16 Å². The van der Waals surface area contributed by atoms with E-state index in [0.29, 0.717) is 23.3 Å². The lowest BCUT2D eigenvalue weighted by atomic mass is 9.95. The monoisotopic (exact) mass is 399 g/mol. The second kappa shape index (κ2) is 8.80. The molecule has 1 fully saturated rings. The van der Waals surface area contributed by atoms with E-state index in [1.165, 1.54) is 24.1 Å². The molecular formula is C21H19F2N3O3. The molecule has 1 atom stereocenters. The summed E-state index contributed by atoms with van der Waals surface area (Å²) in [5.74, 6) is -0.295. The molecule has 0 spiro atoms. The lowest BCUT2D eigenvalue weighted by Crippen LogP contribution is -2.37. The molecular weight excluding hydrogens is 380 g/mol. The van der Waals surface area contributed by atoms with Gasteiger partial charge in [-0.15, -0.1) is 0 Å². The van der Waals surface area contributed by atoms with Gasteiger partial charge in [0.1, 0.15) is 7.11 Å². The van der Waals surface area contributed by atoms with Gasteiger partial charge in [-0.2, -0.15) is 5.26 Å². The van der Waals surface area contributed by atoms with Crippen LogP contribution in [0.3, 0.4) is 0 Å². The molecule has 2 aromatic rings. The predicted octanol–water partition coefficient (Wildman–Crippen LogP) is 3.37. The molecule has 2 aromatic carbocycles. The summed E-state index contributed by atoms with van der Waals surface area (Å²) in [6.07, 6.45) is -2.37. The first-order valence-corrected chi connectivity index (χ1v) is 8.92. The highest BCUT2D eigenvalue weighted by Gasteiger charge is 2.33. The fourth-order valence-electron chi connectivity index (χ4n) is 3.48. The van der Waals surface area contributed by atoms with Crippen molar-refractivity contribution in [1.82, 2.24) is 4.90 Å². The molecule has 0 bridgehead atoms. The quantitative estimate of drug-likeness (QED) is 0.781. The van der Waals surface area contributed by atoms with Crippen LogP contribution in [0.15, 0.2) is 47.6 Å². The van der Waals surface area contributed by atoms with Crippen LogP contribution in [-0.4, -0.2) is 47.9 Å². The van der Waals surface area contributed by atoms with Crippen molar-refractivity contribution in [2.75, 3.05) is 20.3 Å². The van der Waals surface area contributed by atoms with Gasteiger partial charge in [0.25, 0.3) is 12.3 Å². The van der Waals surface area contributed by atoms with Crippen LogP contribution in [0.25, 0.3) is 11.1 Å². The number of hydrogen-bond donors (Lipinski definition) is 1. The van der Waals surface area contributed by atoms with Gasteiger partial charge in [-0.05, 0) is 29.3 Å². The Bertz CT molecular complexity index is 968. The van der Waals surface area contributed by atoms with Crippen LogP contribution in [0.5, 0.6) is 0 Å². The first-order valence-electron chi connectivity index (χ1n) is 8.92. The van der Waals surface area contributed by atoms with E-state index in [9.17, 15) is 18.7 Å². The van der Waals surface area contributed by atoms with Gasteiger partial charge in [0, 0.05) is 17.5 Å². The third-order valence-corrected chi connectivity index (χ3v) is 4.84. The number of nitriles is 1. The number of aliphatic hydroxyl groups excluding tert-OH is 1. The number of halogens is 2. The van der Waals surface area contributed by atoms with E-state index in [2.05, 4.69) is 5.16 Å². The van der Waals surface area contributed by atoms with Crippen LogP contribution >= 0.6 is 0 Å². The van der Waals surface area contributed by atoms with E-state index in [0.717, 1.165) is 0 Å². The Kier molecular flexibility index (Phi) is 6.20. The fraction of sp³-hybridized carbons (Fsp3) is 0.286. The number of alkyl halides is 2. The number of oxime groups is 1. The molecule has 1 saturated heterocycles. The number of nitrogens with zero attached hydrogens (tertiary/aromatic N) is 3. The average molecular weight is 399 g/mol. The van der Waals surface area contributed by atoms with Crippen molar-refractivity contribution in [1.29, 1.82) is 5.26 Å². The number of carbonyl (C=O) groups is 1. The van der Waals surface area contributed by atoms with Crippen molar-refractivity contribution in [3.05, 3.63) is 59.2 Å². The second-order valence-electron chi connectivity index (χ2n) is 6.57. The summed E-state index contributed by atoms with van der Waals surface area (Å²) >= 11 is 0. The molecule has 1 amide bonds. The Labute approximate surface area is 166 Å². The van der Waals surface area contributed by atoms with E-state index >= 15 is 0 Å². The molecule has 8 heteroatoms. The number of likely N-dealkylation sites (tertiary alicyclic amines) is 1. The average Bonchev–Trinajstić information content (AvgIpc) is 3.15. The lowest BCUT2D eigenvalue weighted by Gasteiger charge is -2.22. The van der Waals surface area contributed by atoms with Gasteiger partial charge in [0.05, 0.1) is 36.5 Å². The van der Waals surface area contributed by atoms with Gasteiger partial charge >= 0.3 is 0 Å². The zero-order chi connectivity index (χ0) is 21.0. The van der Waals surface area contributed by atoms with Crippen LogP contribution in [0, 0.1) is 11.3 Å². The zero-order valence-electron chi connectivity index (χ0n) is 15.7. The van der Waals surface area contributed by atoms with E-state index in [-0.39, 0.29) is 35.7 Å². The first-order chi connectivity index (χ1) is 14.0. The van der Waals surface area contributed by atoms with Crippen LogP contribution in [0.2, 0.25) is 0 Å². The topological polar surface area (TPSA) is 85.9 Å². The summed E-state index contributed by atoms with van der Waals surface area (Å²) < 4.78 is 27.0. The maximum absolute atomic E-state index is 13.5. The highest BCUT2D eigenvalue weighted by molar-refractivity contribution is 6.00. The number of carbonyl (C=O) groups excluding carboxylic acids is 1. The number of aliphatic hydroxyl groups is 1. The van der Waals surface area contributed by atoms with E-state index in [4.69, 9.17) is 10.1 Å². The summed E-state index contributed by atoms with van der Waals surface area (Å²) in [5, 5.41) is 22.5. The Hall–Kier alpha value is -3.31. The smallest absolute Gasteiger partial charge is 0.265 e. The summed E-state index contributed by atoms with van der Waals surface area (Å²) in [4.78, 5) is 19.1. The Morgan fingerprint density at radius 2 is 2.07 bits per heavy atom. The minimum Gasteiger partial charge on any atom is -0.399 e. The third-order valence-electron chi connectivity index (χ3n) is 4.84. The zero-order valence-corrected chi connectivity index (χ0v) is 15.7. The molecule has 3 rings (SSSR count). The highest BCUT2D eigenvalue weighted by Crippen LogP contribution is 2.34. The number of benzene rings is 2. The van der Waals surface area contributed by atoms with Gasteiger partial charge in [0.2, 0.25) is 0 Å². The van der Waals surface area contributed by atoms with Crippen LogP contribution in [0.1, 0.15) is 34.3 Å². The Morgan fingerprint density at radius 1 is 1.34 bits per heavy atom. The standard InChI is InChI=1S/C21H19F2N3O3/c1-29-25-16-9-17(12-27)26(11-16)21(28)14-7-5-13(6-8-14)18-4-2-3-15(10-24)19(18)20(22)23/h2-8,17,20,27H,9,11-12H2,1H3/b25-16+/t17-/m0/s1. The Morgan fingerprint density at radius 3 is 2.66 bits per heavy atom. The maximum atomic E-state index is 13.5. The summed E-state index contributed by atoms with van der Waals surface area (Å²) in [5.41, 5.74) is 1.35. The number of amides is 1. The summed E-state index contributed by atoms with van der Waals surface area (Å²) in [6.45, 7) is 0.0463. The highest BCUT2D eigenvalue weighted by atomic mass is 19.3. The van der Waals surface area contributed by atoms with Crippen molar-refractivity contribution >= 4 is 11.6 Å². The summed E-state index contributed by atoms with van der Waals surface area (Å²) in [6, 6.07) is 12.1. The van der Waals surface area contributed by atoms with Crippen LogP contribution in [0.4, 0.5) is 8.78 Å². The van der Waals surface area contributed by atoms with Crippen molar-refractivity contribution in [3.8, 4) is 17.2 Å². The molecule has 1 aliphatic heterocycles. The number of rotatable bonds is 5. The minimum atomic E-state index is -2.80. The third kappa shape index (κ3) is 4.10. The van der Waals surface area contributed by atoms with Gasteiger partial charge in [0.15, 0.2) is 0 Å². The number of hydrogen-bond acceptors (Lipinski definition) is 5. The molecule has 150 valence electrons. The molecule has 6 nitrogen and oxygen atoms in total. The van der Waals surface area contributed by atoms with Gasteiger partial charge in [-0.1, -0.05) is 29.4 Å². The maximum Gasteiger partial charge on any atom is 0.265 e. The molecule has 1 heterocycles. The molecule has 1 N–H and O–H groups in total. The lowest BCUT2D eigenvalue weighted by molar-refractivity contribution is 0.0680. The molecule has 0 aliphatic carbocycles. The minimum absolute atomic E-state index is 0.0783. The van der Waals surface area contributed by atoms with E-state index < -0.39 is 12.5 Å². The van der Waals surface area contributed by atoms with E-state index in [1.54, 1.807) is 36.4 Å². The van der Waals surface area contributed by atoms with Gasteiger partial charge < -0.3 is 14.8 Å². The van der Waals surface area contributed by atoms with Crippen LogP contribution in [-0.2, 0) is 4.84 Å². The van der Waals surface area contributed by atoms with Gasteiger partial charge in [-0.3, -0.25) is 4.79 Å². The van der Waals surface area contributed by atoms with Crippen molar-refractivity contribution < 1.29 is 23.5 Å². The normalized spacial score (nSPS) is 17.6. The predicted molar refractivity (Wildman–Crippen MR) is 103 cm³/mol. The first kappa shape index (κ1) is 20.4. The molecule has 0 saturated carbocycles. The summed E-state index contributed by atoms with van der Waals surface area (Å²) in [7, 11) is 1.42. The fourth-order valence-corrected chi connectivity index (χ4v) is 3.48. The van der Waals surface area contributed by atoms with Gasteiger partial charge in [-0.25, -0.2) is 8.78 Å². The molecule has 29 heavy (non-hydrogen) atoms.